The fourth-order valence-electron chi connectivity index (χ4n) is 3.46. The van der Waals surface area contributed by atoms with Gasteiger partial charge in [-0.05, 0) is 54.7 Å². The van der Waals surface area contributed by atoms with Gasteiger partial charge in [0, 0.05) is 10.4 Å². The Bertz CT molecular complexity index is 1010. The number of halogens is 1. The van der Waals surface area contributed by atoms with Crippen LogP contribution in [0.4, 0.5) is 0 Å². The van der Waals surface area contributed by atoms with E-state index in [0.29, 0.717) is 16.0 Å². The molecule has 4 rings (SSSR count). The molecule has 0 spiro atoms. The van der Waals surface area contributed by atoms with E-state index in [-0.39, 0.29) is 24.3 Å². The van der Waals surface area contributed by atoms with Gasteiger partial charge in [0.2, 0.25) is 5.76 Å². The Labute approximate surface area is 161 Å². The number of amides is 1. The summed E-state index contributed by atoms with van der Waals surface area (Å²) in [6.07, 6.45) is 2.91. The molecule has 0 radical (unpaired) electrons. The van der Waals surface area contributed by atoms with Crippen molar-refractivity contribution in [1.29, 1.82) is 0 Å². The van der Waals surface area contributed by atoms with Gasteiger partial charge in [-0.25, -0.2) is 4.79 Å². The third-order valence-electron chi connectivity index (χ3n) is 4.72. The minimum atomic E-state index is -0.679. The van der Waals surface area contributed by atoms with Gasteiger partial charge in [0.05, 0.1) is 6.04 Å². The predicted octanol–water partition coefficient (Wildman–Crippen LogP) is 4.44. The van der Waals surface area contributed by atoms with E-state index in [0.717, 1.165) is 24.8 Å². The minimum absolute atomic E-state index is 0.0445. The number of aryl methyl sites for hydroxylation is 1. The Morgan fingerprint density at radius 3 is 2.93 bits per heavy atom. The third kappa shape index (κ3) is 3.83. The van der Waals surface area contributed by atoms with Gasteiger partial charge < -0.3 is 14.5 Å². The molecule has 0 fully saturated rings. The fraction of sp³-hybridized carbons (Fsp3) is 0.238. The summed E-state index contributed by atoms with van der Waals surface area (Å²) >= 11 is 5.93. The number of fused-ring (bicyclic) bond motifs is 2. The van der Waals surface area contributed by atoms with E-state index >= 15 is 0 Å². The Morgan fingerprint density at radius 2 is 2.04 bits per heavy atom. The average Bonchev–Trinajstić information content (AvgIpc) is 3.09. The molecule has 138 valence electrons. The van der Waals surface area contributed by atoms with Gasteiger partial charge in [0.15, 0.2) is 6.61 Å². The van der Waals surface area contributed by atoms with Crippen LogP contribution in [0.25, 0.3) is 11.0 Å². The lowest BCUT2D eigenvalue weighted by atomic mass is 9.88. The van der Waals surface area contributed by atoms with Crippen LogP contribution in [-0.2, 0) is 16.0 Å². The molecule has 1 unspecified atom stereocenters. The molecule has 1 aromatic heterocycles. The zero-order chi connectivity index (χ0) is 18.8. The van der Waals surface area contributed by atoms with E-state index in [9.17, 15) is 9.59 Å². The van der Waals surface area contributed by atoms with Gasteiger partial charge in [-0.2, -0.15) is 0 Å². The summed E-state index contributed by atoms with van der Waals surface area (Å²) in [6, 6.07) is 14.7. The van der Waals surface area contributed by atoms with Crippen LogP contribution in [0.3, 0.4) is 0 Å². The van der Waals surface area contributed by atoms with Crippen LogP contribution in [0.1, 0.15) is 40.6 Å². The summed E-state index contributed by atoms with van der Waals surface area (Å²) in [4.78, 5) is 24.4. The van der Waals surface area contributed by atoms with Gasteiger partial charge in [-0.1, -0.05) is 35.9 Å². The van der Waals surface area contributed by atoms with E-state index in [1.807, 2.05) is 18.2 Å². The smallest absolute Gasteiger partial charge is 0.374 e. The number of carbonyl (C=O) groups excluding carboxylic acids is 2. The predicted molar refractivity (Wildman–Crippen MR) is 102 cm³/mol. The normalized spacial score (nSPS) is 16.0. The van der Waals surface area contributed by atoms with Crippen molar-refractivity contribution in [3.05, 3.63) is 70.4 Å². The summed E-state index contributed by atoms with van der Waals surface area (Å²) in [5.41, 5.74) is 2.93. The van der Waals surface area contributed by atoms with Crippen LogP contribution in [0, 0.1) is 0 Å². The highest BCUT2D eigenvalue weighted by Gasteiger charge is 2.22. The van der Waals surface area contributed by atoms with Crippen molar-refractivity contribution < 1.29 is 18.7 Å². The van der Waals surface area contributed by atoms with Crippen LogP contribution in [0.15, 0.2) is 52.9 Å². The summed E-state index contributed by atoms with van der Waals surface area (Å²) in [6.45, 7) is -0.352. The second-order valence-electron chi connectivity index (χ2n) is 6.58. The molecule has 0 aliphatic heterocycles. The summed E-state index contributed by atoms with van der Waals surface area (Å²) < 4.78 is 10.6. The quantitative estimate of drug-likeness (QED) is 0.676. The standard InChI is InChI=1S/C21H18ClNO4/c22-15-8-9-18-14(10-15)11-19(27-18)21(25)26-12-20(24)23-17-7-3-5-13-4-1-2-6-16(13)17/h1-2,4,6,8-11,17H,3,5,7,12H2,(H,23,24). The second kappa shape index (κ2) is 7.45. The van der Waals surface area contributed by atoms with Crippen molar-refractivity contribution in [2.45, 2.75) is 25.3 Å². The number of nitrogens with one attached hydrogen (secondary N) is 1. The van der Waals surface area contributed by atoms with Crippen molar-refractivity contribution in [3.63, 3.8) is 0 Å². The highest BCUT2D eigenvalue weighted by molar-refractivity contribution is 6.31. The number of furan rings is 1. The van der Waals surface area contributed by atoms with Gasteiger partial charge in [-0.15, -0.1) is 0 Å². The third-order valence-corrected chi connectivity index (χ3v) is 4.95. The molecule has 3 aromatic rings. The number of ether oxygens (including phenoxy) is 1. The second-order valence-corrected chi connectivity index (χ2v) is 7.02. The van der Waals surface area contributed by atoms with Gasteiger partial charge in [0.1, 0.15) is 5.58 Å². The Hall–Kier alpha value is -2.79. The topological polar surface area (TPSA) is 68.5 Å². The van der Waals surface area contributed by atoms with Crippen LogP contribution >= 0.6 is 11.6 Å². The molecule has 1 amide bonds. The van der Waals surface area contributed by atoms with Gasteiger partial charge in [-0.3, -0.25) is 4.79 Å². The molecule has 5 nitrogen and oxygen atoms in total. The first-order valence-corrected chi connectivity index (χ1v) is 9.21. The van der Waals surface area contributed by atoms with Crippen LogP contribution in [0.5, 0.6) is 0 Å². The van der Waals surface area contributed by atoms with Crippen molar-refractivity contribution >= 4 is 34.4 Å². The molecule has 6 heteroatoms. The van der Waals surface area contributed by atoms with Crippen molar-refractivity contribution in [2.75, 3.05) is 6.61 Å². The number of carbonyl (C=O) groups is 2. The number of rotatable bonds is 4. The Morgan fingerprint density at radius 1 is 1.19 bits per heavy atom. The van der Waals surface area contributed by atoms with Crippen LogP contribution in [-0.4, -0.2) is 18.5 Å². The molecular formula is C21H18ClNO4. The van der Waals surface area contributed by atoms with Crippen molar-refractivity contribution in [1.82, 2.24) is 5.32 Å². The first kappa shape index (κ1) is 17.6. The molecule has 0 saturated carbocycles. The summed E-state index contributed by atoms with van der Waals surface area (Å²) in [5.74, 6) is -0.964. The lowest BCUT2D eigenvalue weighted by Gasteiger charge is -2.26. The molecule has 0 bridgehead atoms. The molecule has 1 aliphatic carbocycles. The average molecular weight is 384 g/mol. The van der Waals surface area contributed by atoms with Crippen molar-refractivity contribution in [2.24, 2.45) is 0 Å². The maximum Gasteiger partial charge on any atom is 0.374 e. The summed E-state index contributed by atoms with van der Waals surface area (Å²) in [5, 5.41) is 4.21. The highest BCUT2D eigenvalue weighted by atomic mass is 35.5. The largest absolute Gasteiger partial charge is 0.450 e. The maximum atomic E-state index is 12.2. The molecule has 2 aromatic carbocycles. The van der Waals surface area contributed by atoms with E-state index in [1.54, 1.807) is 24.3 Å². The first-order chi connectivity index (χ1) is 13.1. The lowest BCUT2D eigenvalue weighted by Crippen LogP contribution is -2.34. The monoisotopic (exact) mass is 383 g/mol. The molecule has 1 heterocycles. The fourth-order valence-corrected chi connectivity index (χ4v) is 3.64. The Kier molecular flexibility index (Phi) is 4.86. The number of hydrogen-bond acceptors (Lipinski definition) is 4. The van der Waals surface area contributed by atoms with Crippen LogP contribution in [0.2, 0.25) is 5.02 Å². The van der Waals surface area contributed by atoms with Crippen LogP contribution < -0.4 is 5.32 Å². The molecular weight excluding hydrogens is 366 g/mol. The molecule has 1 N–H and O–H groups in total. The zero-order valence-electron chi connectivity index (χ0n) is 14.5. The lowest BCUT2D eigenvalue weighted by molar-refractivity contribution is -0.125. The van der Waals surface area contributed by atoms with Gasteiger partial charge >= 0.3 is 5.97 Å². The molecule has 1 atom stereocenters. The van der Waals surface area contributed by atoms with Gasteiger partial charge in [0.25, 0.3) is 5.91 Å². The minimum Gasteiger partial charge on any atom is -0.450 e. The Balaban J connectivity index is 1.37. The number of benzene rings is 2. The highest BCUT2D eigenvalue weighted by Crippen LogP contribution is 2.29. The van der Waals surface area contributed by atoms with E-state index in [1.165, 1.54) is 5.56 Å². The number of esters is 1. The SMILES string of the molecule is O=C(COC(=O)c1cc2cc(Cl)ccc2o1)NC1CCCc2ccccc21. The summed E-state index contributed by atoms with van der Waals surface area (Å²) in [7, 11) is 0. The van der Waals surface area contributed by atoms with E-state index < -0.39 is 5.97 Å². The van der Waals surface area contributed by atoms with Crippen molar-refractivity contribution in [3.8, 4) is 0 Å². The number of hydrogen-bond donors (Lipinski definition) is 1. The van der Waals surface area contributed by atoms with E-state index in [4.69, 9.17) is 20.8 Å². The first-order valence-electron chi connectivity index (χ1n) is 8.83. The maximum absolute atomic E-state index is 12.2. The zero-order valence-corrected chi connectivity index (χ0v) is 15.3. The molecule has 27 heavy (non-hydrogen) atoms. The molecule has 0 saturated heterocycles. The van der Waals surface area contributed by atoms with E-state index in [2.05, 4.69) is 11.4 Å². The molecule has 1 aliphatic rings.